The van der Waals surface area contributed by atoms with Crippen LogP contribution in [0, 0.1) is 0 Å². The summed E-state index contributed by atoms with van der Waals surface area (Å²) in [6.45, 7) is 4.74. The van der Waals surface area contributed by atoms with E-state index in [1.807, 2.05) is 0 Å². The molecule has 0 aliphatic heterocycles. The Morgan fingerprint density at radius 1 is 0.346 bits per heavy atom. The van der Waals surface area contributed by atoms with Gasteiger partial charge >= 0.3 is 25.7 Å². The molecule has 2 N–H and O–H groups in total. The van der Waals surface area contributed by atoms with Crippen LogP contribution in [-0.4, -0.2) is 66.5 Å². The Morgan fingerprint density at radius 3 is 0.885 bits per heavy atom. The Kier molecular flexibility index (Phi) is 59.9. The van der Waals surface area contributed by atoms with Gasteiger partial charge in [-0.25, -0.2) is 4.57 Å². The van der Waals surface area contributed by atoms with Crippen molar-refractivity contribution in [3.8, 4) is 0 Å². The van der Waals surface area contributed by atoms with Crippen molar-refractivity contribution < 1.29 is 52.2 Å². The molecule has 0 saturated heterocycles. The molecule has 0 radical (unpaired) electrons. The Morgan fingerprint density at radius 2 is 0.590 bits per heavy atom. The molecule has 78 heavy (non-hydrogen) atoms. The number of aliphatic hydroxyl groups excluding tert-OH is 1. The smallest absolute Gasteiger partial charge is 0.462 e. The monoisotopic (exact) mass is 1130 g/mol. The quantitative estimate of drug-likeness (QED) is 0.0197. The molecule has 0 rings (SSSR count). The first-order chi connectivity index (χ1) is 38.2. The highest BCUT2D eigenvalue weighted by Gasteiger charge is 2.28. The number of phosphoric ester groups is 1. The molecule has 0 heterocycles. The first kappa shape index (κ1) is 76.2. The van der Waals surface area contributed by atoms with E-state index in [1.165, 1.54) is 218 Å². The van der Waals surface area contributed by atoms with Crippen LogP contribution in [0.4, 0.5) is 0 Å². The van der Waals surface area contributed by atoms with Crippen LogP contribution in [0.2, 0.25) is 0 Å². The molecule has 0 aromatic heterocycles. The van der Waals surface area contributed by atoms with Crippen LogP contribution < -0.4 is 0 Å². The van der Waals surface area contributed by atoms with Crippen molar-refractivity contribution in [2.24, 2.45) is 0 Å². The minimum Gasteiger partial charge on any atom is -0.462 e. The molecule has 0 spiro atoms. The molecule has 0 aliphatic carbocycles. The van der Waals surface area contributed by atoms with Gasteiger partial charge in [0.1, 0.15) is 12.7 Å². The molecule has 0 fully saturated rings. The third-order valence-corrected chi connectivity index (χ3v) is 16.1. The number of carbonyl (C=O) groups excluding carboxylic acids is 3. The van der Waals surface area contributed by atoms with Gasteiger partial charge in [0.2, 0.25) is 0 Å². The summed E-state index contributed by atoms with van der Waals surface area (Å²) in [7, 11) is -4.75. The van der Waals surface area contributed by atoms with Crippen molar-refractivity contribution in [1.82, 2.24) is 0 Å². The number of esters is 3. The fourth-order valence-electron chi connectivity index (χ4n) is 10.1. The number of aliphatic hydroxyl groups is 1. The van der Waals surface area contributed by atoms with Crippen LogP contribution in [0.25, 0.3) is 0 Å². The van der Waals surface area contributed by atoms with Crippen molar-refractivity contribution >= 4 is 25.7 Å². The number of carbonyl (C=O) groups is 3. The van der Waals surface area contributed by atoms with E-state index in [9.17, 15) is 28.9 Å². The number of phosphoric acid groups is 1. The molecule has 3 unspecified atom stereocenters. The Bertz CT molecular complexity index is 1360. The van der Waals surface area contributed by atoms with E-state index in [0.29, 0.717) is 19.3 Å². The van der Waals surface area contributed by atoms with Gasteiger partial charge in [-0.1, -0.05) is 303 Å². The van der Waals surface area contributed by atoms with E-state index in [0.717, 1.165) is 77.0 Å². The lowest BCUT2D eigenvalue weighted by Gasteiger charge is -2.21. The normalized spacial score (nSPS) is 13.2. The Balaban J connectivity index is 4.62. The minimum absolute atomic E-state index is 0.175. The molecular formula is C66H127O11P. The summed E-state index contributed by atoms with van der Waals surface area (Å²) in [6.07, 6.45) is 63.0. The lowest BCUT2D eigenvalue weighted by molar-refractivity contribution is -0.161. The number of ether oxygens (including phenoxy) is 3. The predicted octanol–water partition coefficient (Wildman–Crippen LogP) is 20.4. The predicted molar refractivity (Wildman–Crippen MR) is 326 cm³/mol. The summed E-state index contributed by atoms with van der Waals surface area (Å²) in [5.74, 6) is -1.43. The lowest BCUT2D eigenvalue weighted by Crippen LogP contribution is -2.30. The number of allylic oxidation sites excluding steroid dienone is 2. The SMILES string of the molecule is CCCCCCCC/C=C\CCCCCCCC(=O)OCC(COP(=O)(O)OCC(CO)OC(=O)CCCCCCCCCCCCCCCCCCC)OC(=O)CCCCCCCCCCCCCCCCCCCCC. The van der Waals surface area contributed by atoms with E-state index in [2.05, 4.69) is 32.9 Å². The fourth-order valence-corrected chi connectivity index (χ4v) is 10.8. The maximum absolute atomic E-state index is 13.0. The Labute approximate surface area is 481 Å². The van der Waals surface area contributed by atoms with E-state index in [1.54, 1.807) is 0 Å². The van der Waals surface area contributed by atoms with Gasteiger partial charge in [0.15, 0.2) is 6.10 Å². The lowest BCUT2D eigenvalue weighted by atomic mass is 10.0. The van der Waals surface area contributed by atoms with E-state index >= 15 is 0 Å². The van der Waals surface area contributed by atoms with E-state index in [-0.39, 0.29) is 25.9 Å². The highest BCUT2D eigenvalue weighted by atomic mass is 31.2. The first-order valence-corrected chi connectivity index (χ1v) is 35.1. The zero-order valence-corrected chi connectivity index (χ0v) is 52.3. The molecule has 0 aromatic rings. The fraction of sp³-hybridized carbons (Fsp3) is 0.924. The summed E-state index contributed by atoms with van der Waals surface area (Å²) in [4.78, 5) is 48.8. The van der Waals surface area contributed by atoms with Crippen LogP contribution in [0.3, 0.4) is 0 Å². The van der Waals surface area contributed by atoms with Gasteiger partial charge in [0.05, 0.1) is 19.8 Å². The third-order valence-electron chi connectivity index (χ3n) is 15.2. The van der Waals surface area contributed by atoms with Crippen LogP contribution >= 0.6 is 7.82 Å². The number of hydrogen-bond acceptors (Lipinski definition) is 10. The van der Waals surface area contributed by atoms with Crippen LogP contribution in [0.1, 0.15) is 355 Å². The number of hydrogen-bond donors (Lipinski definition) is 2. The maximum Gasteiger partial charge on any atom is 0.472 e. The summed E-state index contributed by atoms with van der Waals surface area (Å²) < 4.78 is 39.7. The number of rotatable bonds is 64. The molecule has 11 nitrogen and oxygen atoms in total. The van der Waals surface area contributed by atoms with Gasteiger partial charge in [0, 0.05) is 19.3 Å². The molecule has 0 aromatic carbocycles. The van der Waals surface area contributed by atoms with Crippen molar-refractivity contribution in [2.75, 3.05) is 26.4 Å². The molecule has 0 bridgehead atoms. The van der Waals surface area contributed by atoms with Gasteiger partial charge in [-0.3, -0.25) is 23.4 Å². The van der Waals surface area contributed by atoms with Crippen molar-refractivity contribution in [2.45, 2.75) is 367 Å². The van der Waals surface area contributed by atoms with E-state index < -0.39 is 57.8 Å². The van der Waals surface area contributed by atoms with Gasteiger partial charge < -0.3 is 24.2 Å². The summed E-state index contributed by atoms with van der Waals surface area (Å²) in [6, 6.07) is 0. The van der Waals surface area contributed by atoms with Crippen molar-refractivity contribution in [3.05, 3.63) is 12.2 Å². The zero-order chi connectivity index (χ0) is 56.9. The van der Waals surface area contributed by atoms with Gasteiger partial charge in [-0.05, 0) is 44.9 Å². The average molecular weight is 1130 g/mol. The minimum atomic E-state index is -4.75. The molecule has 0 aliphatic rings. The van der Waals surface area contributed by atoms with Gasteiger partial charge in [-0.15, -0.1) is 0 Å². The maximum atomic E-state index is 13.0. The first-order valence-electron chi connectivity index (χ1n) is 33.6. The van der Waals surface area contributed by atoms with Gasteiger partial charge in [0.25, 0.3) is 0 Å². The highest BCUT2D eigenvalue weighted by molar-refractivity contribution is 7.47. The van der Waals surface area contributed by atoms with Crippen molar-refractivity contribution in [1.29, 1.82) is 0 Å². The van der Waals surface area contributed by atoms with E-state index in [4.69, 9.17) is 23.3 Å². The molecule has 3 atom stereocenters. The van der Waals surface area contributed by atoms with Crippen LogP contribution in [-0.2, 0) is 42.2 Å². The average Bonchev–Trinajstić information content (AvgIpc) is 3.43. The van der Waals surface area contributed by atoms with Crippen LogP contribution in [0.15, 0.2) is 12.2 Å². The molecule has 0 amide bonds. The molecule has 0 saturated carbocycles. The van der Waals surface area contributed by atoms with Gasteiger partial charge in [-0.2, -0.15) is 0 Å². The summed E-state index contributed by atoms with van der Waals surface area (Å²) >= 11 is 0. The molecule has 12 heteroatoms. The molecular weight excluding hydrogens is 1000 g/mol. The second-order valence-electron chi connectivity index (χ2n) is 23.0. The van der Waals surface area contributed by atoms with Crippen molar-refractivity contribution in [3.63, 3.8) is 0 Å². The Hall–Kier alpha value is -1.78. The number of unbranched alkanes of at least 4 members (excludes halogenated alkanes) is 45. The standard InChI is InChI=1S/C66H127O11P/c1-4-7-10-13-16-19-22-25-28-30-31-33-36-39-42-45-48-51-54-57-66(70)77-63(59-73-64(68)55-52-49-46-43-40-37-34-27-24-21-18-15-12-9-6-3)61-75-78(71,72)74-60-62(58-67)76-65(69)56-53-50-47-44-41-38-35-32-29-26-23-20-17-14-11-8-5-2/h27,34,62-63,67H,4-26,28-33,35-61H2,1-3H3,(H,71,72)/b34-27-. The third kappa shape index (κ3) is 58.9. The largest absolute Gasteiger partial charge is 0.472 e. The summed E-state index contributed by atoms with van der Waals surface area (Å²) in [5, 5.41) is 9.86. The van der Waals surface area contributed by atoms with Crippen LogP contribution in [0.5, 0.6) is 0 Å². The molecule has 462 valence electrons. The second-order valence-corrected chi connectivity index (χ2v) is 24.5. The highest BCUT2D eigenvalue weighted by Crippen LogP contribution is 2.43. The topological polar surface area (TPSA) is 155 Å². The zero-order valence-electron chi connectivity index (χ0n) is 51.4. The second kappa shape index (κ2) is 61.3. The summed E-state index contributed by atoms with van der Waals surface area (Å²) in [5.41, 5.74) is 0.